The van der Waals surface area contributed by atoms with Gasteiger partial charge >= 0.3 is 0 Å². The highest BCUT2D eigenvalue weighted by Crippen LogP contribution is 2.17. The summed E-state index contributed by atoms with van der Waals surface area (Å²) in [6.07, 6.45) is 2.63. The van der Waals surface area contributed by atoms with Crippen molar-refractivity contribution in [2.45, 2.75) is 45.8 Å². The molecular formula is C23H40IN5O. The summed E-state index contributed by atoms with van der Waals surface area (Å²) >= 11 is 0. The number of aliphatic imine (C=N–C) groups is 1. The van der Waals surface area contributed by atoms with Crippen molar-refractivity contribution < 1.29 is 4.74 Å². The topological polar surface area (TPSA) is 52.1 Å². The van der Waals surface area contributed by atoms with E-state index in [9.17, 15) is 0 Å². The molecule has 0 bridgehead atoms. The largest absolute Gasteiger partial charge is 0.379 e. The Labute approximate surface area is 199 Å². The van der Waals surface area contributed by atoms with Gasteiger partial charge in [-0.2, -0.15) is 0 Å². The van der Waals surface area contributed by atoms with E-state index in [0.29, 0.717) is 6.04 Å². The van der Waals surface area contributed by atoms with E-state index in [1.165, 1.54) is 37.1 Å². The zero-order valence-electron chi connectivity index (χ0n) is 18.9. The van der Waals surface area contributed by atoms with Gasteiger partial charge in [0.15, 0.2) is 5.96 Å². The number of morpholine rings is 1. The highest BCUT2D eigenvalue weighted by Gasteiger charge is 2.20. The van der Waals surface area contributed by atoms with E-state index in [1.54, 1.807) is 0 Å². The number of guanidine groups is 1. The van der Waals surface area contributed by atoms with Crippen LogP contribution in [-0.4, -0.2) is 74.8 Å². The minimum Gasteiger partial charge on any atom is -0.379 e. The van der Waals surface area contributed by atoms with Crippen LogP contribution in [0.4, 0.5) is 0 Å². The van der Waals surface area contributed by atoms with E-state index < -0.39 is 0 Å². The fraction of sp³-hybridized carbons (Fsp3) is 0.696. The molecule has 0 aromatic heterocycles. The van der Waals surface area contributed by atoms with Gasteiger partial charge < -0.3 is 15.4 Å². The van der Waals surface area contributed by atoms with Crippen LogP contribution in [-0.2, 0) is 17.8 Å². The lowest BCUT2D eigenvalue weighted by Gasteiger charge is -2.35. The predicted octanol–water partition coefficient (Wildman–Crippen LogP) is 2.92. The van der Waals surface area contributed by atoms with Crippen LogP contribution in [0.3, 0.4) is 0 Å². The van der Waals surface area contributed by atoms with Crippen molar-refractivity contribution in [1.82, 2.24) is 20.4 Å². The van der Waals surface area contributed by atoms with Gasteiger partial charge in [0.25, 0.3) is 0 Å². The third-order valence-electron chi connectivity index (χ3n) is 6.29. The Morgan fingerprint density at radius 3 is 2.43 bits per heavy atom. The van der Waals surface area contributed by atoms with Crippen molar-refractivity contribution in [2.75, 3.05) is 53.0 Å². The van der Waals surface area contributed by atoms with E-state index in [0.717, 1.165) is 57.8 Å². The van der Waals surface area contributed by atoms with Gasteiger partial charge in [0.05, 0.1) is 13.2 Å². The SMILES string of the molecule is CN=C(NCc1ccccc1CN1CCOCC1)NCC(C)N1CCC(C)CC1.I. The van der Waals surface area contributed by atoms with E-state index in [1.807, 2.05) is 7.05 Å². The lowest BCUT2D eigenvalue weighted by atomic mass is 9.98. The summed E-state index contributed by atoms with van der Waals surface area (Å²) in [6, 6.07) is 9.23. The van der Waals surface area contributed by atoms with E-state index in [4.69, 9.17) is 4.74 Å². The Hall–Kier alpha value is -0.900. The summed E-state index contributed by atoms with van der Waals surface area (Å²) in [6.45, 7) is 13.5. The number of ether oxygens (including phenoxy) is 1. The van der Waals surface area contributed by atoms with Crippen molar-refractivity contribution in [1.29, 1.82) is 0 Å². The zero-order chi connectivity index (χ0) is 20.5. The van der Waals surface area contributed by atoms with Gasteiger partial charge in [0.1, 0.15) is 0 Å². The number of hydrogen-bond acceptors (Lipinski definition) is 4. The number of likely N-dealkylation sites (tertiary alicyclic amines) is 1. The van der Waals surface area contributed by atoms with Gasteiger partial charge in [-0.15, -0.1) is 24.0 Å². The molecule has 2 fully saturated rings. The highest BCUT2D eigenvalue weighted by molar-refractivity contribution is 14.0. The molecule has 1 aromatic carbocycles. The maximum Gasteiger partial charge on any atom is 0.191 e. The maximum absolute atomic E-state index is 5.47. The highest BCUT2D eigenvalue weighted by atomic mass is 127. The number of nitrogens with one attached hydrogen (secondary N) is 2. The van der Waals surface area contributed by atoms with Gasteiger partial charge in [-0.25, -0.2) is 0 Å². The number of piperidine rings is 1. The third kappa shape index (κ3) is 7.98. The molecule has 170 valence electrons. The summed E-state index contributed by atoms with van der Waals surface area (Å²) in [5, 5.41) is 7.02. The monoisotopic (exact) mass is 529 g/mol. The average molecular weight is 530 g/mol. The molecule has 7 heteroatoms. The first kappa shape index (κ1) is 25.4. The van der Waals surface area contributed by atoms with Gasteiger partial charge in [-0.3, -0.25) is 14.8 Å². The molecule has 2 saturated heterocycles. The first-order valence-electron chi connectivity index (χ1n) is 11.2. The second kappa shape index (κ2) is 13.5. The third-order valence-corrected chi connectivity index (χ3v) is 6.29. The molecule has 2 aliphatic heterocycles. The van der Waals surface area contributed by atoms with Crippen LogP contribution in [0, 0.1) is 5.92 Å². The molecule has 6 nitrogen and oxygen atoms in total. The number of nitrogens with zero attached hydrogens (tertiary/aromatic N) is 3. The molecular weight excluding hydrogens is 489 g/mol. The molecule has 1 unspecified atom stereocenters. The summed E-state index contributed by atoms with van der Waals surface area (Å²) in [7, 11) is 1.85. The fourth-order valence-corrected chi connectivity index (χ4v) is 4.13. The first-order chi connectivity index (χ1) is 14.2. The van der Waals surface area contributed by atoms with E-state index >= 15 is 0 Å². The van der Waals surface area contributed by atoms with Crippen LogP contribution in [0.2, 0.25) is 0 Å². The molecule has 0 radical (unpaired) electrons. The quantitative estimate of drug-likeness (QED) is 0.323. The Balaban J connectivity index is 0.00000320. The molecule has 0 saturated carbocycles. The number of benzene rings is 1. The van der Waals surface area contributed by atoms with Crippen molar-refractivity contribution in [2.24, 2.45) is 10.9 Å². The molecule has 1 atom stereocenters. The Morgan fingerprint density at radius 1 is 1.10 bits per heavy atom. The Morgan fingerprint density at radius 2 is 1.77 bits per heavy atom. The molecule has 3 rings (SSSR count). The molecule has 30 heavy (non-hydrogen) atoms. The number of halogens is 1. The van der Waals surface area contributed by atoms with E-state index in [2.05, 4.69) is 63.5 Å². The van der Waals surface area contributed by atoms with Crippen molar-refractivity contribution in [3.63, 3.8) is 0 Å². The minimum absolute atomic E-state index is 0. The minimum atomic E-state index is 0. The molecule has 2 N–H and O–H groups in total. The Bertz CT molecular complexity index is 642. The predicted molar refractivity (Wildman–Crippen MR) is 136 cm³/mol. The van der Waals surface area contributed by atoms with Gasteiger partial charge in [0.2, 0.25) is 0 Å². The molecule has 0 aliphatic carbocycles. The summed E-state index contributed by atoms with van der Waals surface area (Å²) in [5.74, 6) is 1.75. The average Bonchev–Trinajstić information content (AvgIpc) is 2.76. The summed E-state index contributed by atoms with van der Waals surface area (Å²) in [4.78, 5) is 9.49. The van der Waals surface area contributed by atoms with Gasteiger partial charge in [-0.05, 0) is 49.9 Å². The smallest absolute Gasteiger partial charge is 0.191 e. The summed E-state index contributed by atoms with van der Waals surface area (Å²) in [5.41, 5.74) is 2.72. The standard InChI is InChI=1S/C23H39N5O.HI/c1-19-8-10-28(11-9-19)20(2)16-25-23(24-3)26-17-21-6-4-5-7-22(21)18-27-12-14-29-15-13-27;/h4-7,19-20H,8-18H2,1-3H3,(H2,24,25,26);1H. The molecule has 0 spiro atoms. The number of hydrogen-bond donors (Lipinski definition) is 2. The van der Waals surface area contributed by atoms with Crippen molar-refractivity contribution in [3.8, 4) is 0 Å². The molecule has 2 aliphatic rings. The van der Waals surface area contributed by atoms with Crippen LogP contribution in [0.15, 0.2) is 29.3 Å². The maximum atomic E-state index is 5.47. The van der Waals surface area contributed by atoms with Crippen LogP contribution in [0.5, 0.6) is 0 Å². The van der Waals surface area contributed by atoms with Crippen LogP contribution in [0.1, 0.15) is 37.8 Å². The second-order valence-corrected chi connectivity index (χ2v) is 8.53. The number of rotatable bonds is 7. The fourth-order valence-electron chi connectivity index (χ4n) is 4.13. The molecule has 2 heterocycles. The zero-order valence-corrected chi connectivity index (χ0v) is 21.2. The van der Waals surface area contributed by atoms with Gasteiger partial charge in [0, 0.05) is 45.8 Å². The normalized spacial score (nSPS) is 20.4. The van der Waals surface area contributed by atoms with Crippen LogP contribution < -0.4 is 10.6 Å². The lowest BCUT2D eigenvalue weighted by Crippen LogP contribution is -2.48. The van der Waals surface area contributed by atoms with Crippen molar-refractivity contribution >= 4 is 29.9 Å². The molecule has 0 amide bonds. The second-order valence-electron chi connectivity index (χ2n) is 8.53. The first-order valence-corrected chi connectivity index (χ1v) is 11.2. The van der Waals surface area contributed by atoms with Gasteiger partial charge in [-0.1, -0.05) is 31.2 Å². The van der Waals surface area contributed by atoms with Crippen LogP contribution >= 0.6 is 24.0 Å². The molecule has 1 aromatic rings. The van der Waals surface area contributed by atoms with Crippen LogP contribution in [0.25, 0.3) is 0 Å². The van der Waals surface area contributed by atoms with E-state index in [-0.39, 0.29) is 24.0 Å². The Kier molecular flexibility index (Phi) is 11.4. The summed E-state index contributed by atoms with van der Waals surface area (Å²) < 4.78 is 5.47. The van der Waals surface area contributed by atoms with Crippen molar-refractivity contribution in [3.05, 3.63) is 35.4 Å². The lowest BCUT2D eigenvalue weighted by molar-refractivity contribution is 0.0341.